The second kappa shape index (κ2) is 7.67. The van der Waals surface area contributed by atoms with Crippen molar-refractivity contribution >= 4 is 52.7 Å². The Bertz CT molecular complexity index is 691. The first kappa shape index (κ1) is 17.6. The number of hydrogen-bond acceptors (Lipinski definition) is 5. The van der Waals surface area contributed by atoms with Crippen LogP contribution >= 0.6 is 12.4 Å². The van der Waals surface area contributed by atoms with Crippen LogP contribution in [0.4, 0.5) is 17.1 Å². The maximum absolute atomic E-state index is 12.2. The summed E-state index contributed by atoms with van der Waals surface area (Å²) in [6, 6.07) is 5.45. The highest BCUT2D eigenvalue weighted by Crippen LogP contribution is 2.38. The summed E-state index contributed by atoms with van der Waals surface area (Å²) in [6.07, 6.45) is 1.48. The van der Waals surface area contributed by atoms with Crippen LogP contribution in [0.1, 0.15) is 12.8 Å². The van der Waals surface area contributed by atoms with E-state index in [2.05, 4.69) is 14.0 Å². The van der Waals surface area contributed by atoms with Crippen molar-refractivity contribution in [3.8, 4) is 0 Å². The van der Waals surface area contributed by atoms with Crippen molar-refractivity contribution < 1.29 is 14.7 Å². The van der Waals surface area contributed by atoms with Gasteiger partial charge in [-0.05, 0) is 31.5 Å². The molecule has 0 spiro atoms. The Kier molecular flexibility index (Phi) is 5.86. The number of piperidine rings is 1. The molecular weight excluding hydrogens is 340 g/mol. The van der Waals surface area contributed by atoms with Gasteiger partial charge in [0.25, 0.3) is 0 Å². The van der Waals surface area contributed by atoms with E-state index in [1.54, 1.807) is 6.07 Å². The molecule has 124 valence electrons. The molecule has 1 unspecified atom stereocenters. The number of halogens is 1. The lowest BCUT2D eigenvalue weighted by atomic mass is 9.98. The van der Waals surface area contributed by atoms with E-state index in [0.29, 0.717) is 24.3 Å². The van der Waals surface area contributed by atoms with E-state index in [4.69, 9.17) is 5.11 Å². The molecule has 3 rings (SSSR count). The summed E-state index contributed by atoms with van der Waals surface area (Å²) in [4.78, 5) is 25.1. The fraction of sp³-hybridized carbons (Fsp3) is 0.429. The van der Waals surface area contributed by atoms with Gasteiger partial charge in [-0.2, -0.15) is 8.73 Å². The summed E-state index contributed by atoms with van der Waals surface area (Å²) in [5.41, 5.74) is 2.08. The topological polar surface area (TPSA) is 94.4 Å². The predicted molar refractivity (Wildman–Crippen MR) is 90.7 cm³/mol. The number of hydrogen-bond donors (Lipinski definition) is 2. The third-order valence-corrected chi connectivity index (χ3v) is 4.32. The van der Waals surface area contributed by atoms with Crippen LogP contribution in [0.5, 0.6) is 0 Å². The first-order valence-electron chi connectivity index (χ1n) is 7.10. The second-order valence-electron chi connectivity index (χ2n) is 5.40. The normalized spacial score (nSPS) is 19.4. The average molecular weight is 357 g/mol. The summed E-state index contributed by atoms with van der Waals surface area (Å²) in [5, 5.41) is 11.9. The third kappa shape index (κ3) is 4.15. The zero-order chi connectivity index (χ0) is 15.5. The van der Waals surface area contributed by atoms with Gasteiger partial charge < -0.3 is 10.4 Å². The number of nitrogens with one attached hydrogen (secondary N) is 1. The molecule has 1 amide bonds. The van der Waals surface area contributed by atoms with E-state index in [9.17, 15) is 9.59 Å². The molecule has 1 aromatic carbocycles. The van der Waals surface area contributed by atoms with Gasteiger partial charge in [0.05, 0.1) is 29.5 Å². The maximum atomic E-state index is 12.2. The molecule has 0 saturated carbocycles. The van der Waals surface area contributed by atoms with Gasteiger partial charge in [-0.15, -0.1) is 12.4 Å². The second-order valence-corrected chi connectivity index (χ2v) is 5.93. The molecule has 2 aliphatic heterocycles. The maximum Gasteiger partial charge on any atom is 0.307 e. The molecule has 0 aliphatic carbocycles. The molecule has 1 aromatic rings. The van der Waals surface area contributed by atoms with Crippen LogP contribution < -0.4 is 5.32 Å². The smallest absolute Gasteiger partial charge is 0.307 e. The minimum Gasteiger partial charge on any atom is -0.481 e. The molecule has 1 fully saturated rings. The zero-order valence-electron chi connectivity index (χ0n) is 12.3. The van der Waals surface area contributed by atoms with E-state index in [0.717, 1.165) is 30.0 Å². The molecular formula is C14H17ClN4O3S. The molecule has 0 bridgehead atoms. The van der Waals surface area contributed by atoms with Crippen LogP contribution in [0.2, 0.25) is 0 Å². The van der Waals surface area contributed by atoms with Crippen molar-refractivity contribution in [2.75, 3.05) is 25.0 Å². The van der Waals surface area contributed by atoms with Crippen molar-refractivity contribution in [2.24, 2.45) is 14.6 Å². The molecule has 9 heteroatoms. The SMILES string of the molecule is Cl.O=C(CN1CCCC(C(=O)O)C1)Nc1cccc2c1N=S=N2. The summed E-state index contributed by atoms with van der Waals surface area (Å²) in [7, 11) is 0. The van der Waals surface area contributed by atoms with Gasteiger partial charge in [0.15, 0.2) is 0 Å². The lowest BCUT2D eigenvalue weighted by molar-refractivity contribution is -0.144. The third-order valence-electron chi connectivity index (χ3n) is 3.78. The van der Waals surface area contributed by atoms with Crippen molar-refractivity contribution in [3.63, 3.8) is 0 Å². The average Bonchev–Trinajstić information content (AvgIpc) is 2.97. The Balaban J connectivity index is 0.00000192. The van der Waals surface area contributed by atoms with Crippen molar-refractivity contribution in [2.45, 2.75) is 12.8 Å². The van der Waals surface area contributed by atoms with Crippen LogP contribution in [-0.4, -0.2) is 41.5 Å². The van der Waals surface area contributed by atoms with Gasteiger partial charge in [-0.25, -0.2) is 0 Å². The van der Waals surface area contributed by atoms with Gasteiger partial charge in [0.1, 0.15) is 11.4 Å². The molecule has 0 aromatic heterocycles. The Hall–Kier alpha value is -1.77. The quantitative estimate of drug-likeness (QED) is 0.880. The lowest BCUT2D eigenvalue weighted by Gasteiger charge is -2.29. The molecule has 2 aliphatic rings. The number of carbonyl (C=O) groups is 2. The molecule has 2 N–H and O–H groups in total. The molecule has 1 atom stereocenters. The Morgan fingerprint density at radius 2 is 2.22 bits per heavy atom. The van der Waals surface area contributed by atoms with E-state index in [1.807, 2.05) is 17.0 Å². The zero-order valence-corrected chi connectivity index (χ0v) is 13.9. The number of amides is 1. The van der Waals surface area contributed by atoms with Gasteiger partial charge in [-0.3, -0.25) is 14.5 Å². The summed E-state index contributed by atoms with van der Waals surface area (Å²) < 4.78 is 8.31. The van der Waals surface area contributed by atoms with E-state index >= 15 is 0 Å². The van der Waals surface area contributed by atoms with Gasteiger partial charge in [0.2, 0.25) is 5.91 Å². The van der Waals surface area contributed by atoms with Crippen molar-refractivity contribution in [1.82, 2.24) is 4.90 Å². The van der Waals surface area contributed by atoms with Crippen LogP contribution in [-0.2, 0) is 20.9 Å². The van der Waals surface area contributed by atoms with Crippen LogP contribution in [0.3, 0.4) is 0 Å². The first-order valence-corrected chi connectivity index (χ1v) is 7.83. The largest absolute Gasteiger partial charge is 0.481 e. The first-order chi connectivity index (χ1) is 10.6. The number of benzene rings is 1. The number of carboxylic acids is 1. The van der Waals surface area contributed by atoms with Crippen molar-refractivity contribution in [1.29, 1.82) is 0 Å². The molecule has 2 heterocycles. The molecule has 23 heavy (non-hydrogen) atoms. The number of likely N-dealkylation sites (tertiary alicyclic amines) is 1. The van der Waals surface area contributed by atoms with E-state index in [1.165, 1.54) is 0 Å². The minimum absolute atomic E-state index is 0. The molecule has 7 nitrogen and oxygen atoms in total. The number of fused-ring (bicyclic) bond motifs is 1. The number of rotatable bonds is 4. The van der Waals surface area contributed by atoms with E-state index < -0.39 is 5.97 Å². The number of anilines is 1. The lowest BCUT2D eigenvalue weighted by Crippen LogP contribution is -2.42. The highest BCUT2D eigenvalue weighted by molar-refractivity contribution is 7.58. The van der Waals surface area contributed by atoms with Gasteiger partial charge in [-0.1, -0.05) is 6.07 Å². The number of carbonyl (C=O) groups excluding carboxylic acids is 1. The Morgan fingerprint density at radius 1 is 1.39 bits per heavy atom. The minimum atomic E-state index is -0.788. The number of nitrogens with zero attached hydrogens (tertiary/aromatic N) is 3. The van der Waals surface area contributed by atoms with Gasteiger partial charge in [0, 0.05) is 6.54 Å². The summed E-state index contributed by atoms with van der Waals surface area (Å²) in [5.74, 6) is -1.33. The molecule has 0 radical (unpaired) electrons. The highest BCUT2D eigenvalue weighted by atomic mass is 35.5. The fourth-order valence-corrected chi connectivity index (χ4v) is 3.25. The monoisotopic (exact) mass is 356 g/mol. The fourth-order valence-electron chi connectivity index (χ4n) is 2.70. The van der Waals surface area contributed by atoms with Gasteiger partial charge >= 0.3 is 5.97 Å². The van der Waals surface area contributed by atoms with Crippen molar-refractivity contribution in [3.05, 3.63) is 18.2 Å². The number of carboxylic acid groups (broad SMARTS) is 1. The van der Waals surface area contributed by atoms with E-state index in [-0.39, 0.29) is 30.8 Å². The number of aliphatic carboxylic acids is 1. The standard InChI is InChI=1S/C14H16N4O3S.ClH/c19-12(8-18-6-2-3-9(7-18)14(20)21)15-10-4-1-5-11-13(10)17-22-16-11;/h1,4-5,9H,2-3,6-8H2,(H,15,19)(H,20,21);1H. The van der Waals surface area contributed by atoms with Crippen LogP contribution in [0, 0.1) is 5.92 Å². The Labute approximate surface area is 143 Å². The summed E-state index contributed by atoms with van der Waals surface area (Å²) in [6.45, 7) is 1.36. The van der Waals surface area contributed by atoms with Crippen LogP contribution in [0.15, 0.2) is 26.9 Å². The summed E-state index contributed by atoms with van der Waals surface area (Å²) >= 11 is 1.11. The highest BCUT2D eigenvalue weighted by Gasteiger charge is 2.26. The van der Waals surface area contributed by atoms with Crippen LogP contribution in [0.25, 0.3) is 0 Å². The predicted octanol–water partition coefficient (Wildman–Crippen LogP) is 2.57. The Morgan fingerprint density at radius 3 is 3.00 bits per heavy atom. The molecule has 1 saturated heterocycles.